The van der Waals surface area contributed by atoms with E-state index >= 15 is 0 Å². The summed E-state index contributed by atoms with van der Waals surface area (Å²) in [5.41, 5.74) is 9.87. The highest BCUT2D eigenvalue weighted by Crippen LogP contribution is 2.17. The Balaban J connectivity index is 2.97. The van der Waals surface area contributed by atoms with Crippen LogP contribution in [0.5, 0.6) is 0 Å². The van der Waals surface area contributed by atoms with Crippen molar-refractivity contribution in [1.82, 2.24) is 0 Å². The summed E-state index contributed by atoms with van der Waals surface area (Å²) in [6.07, 6.45) is 0.726. The van der Waals surface area contributed by atoms with Crippen molar-refractivity contribution in [1.29, 1.82) is 0 Å². The van der Waals surface area contributed by atoms with Gasteiger partial charge in [0.2, 0.25) is 0 Å². The van der Waals surface area contributed by atoms with Gasteiger partial charge in [-0.15, -0.1) is 11.6 Å². The summed E-state index contributed by atoms with van der Waals surface area (Å²) in [5.74, 6) is 6.65. The zero-order valence-electron chi connectivity index (χ0n) is 8.52. The molecule has 0 radical (unpaired) electrons. The van der Waals surface area contributed by atoms with E-state index in [-0.39, 0.29) is 0 Å². The summed E-state index contributed by atoms with van der Waals surface area (Å²) < 4.78 is 0. The number of alkyl halides is 1. The van der Waals surface area contributed by atoms with Crippen LogP contribution in [0.25, 0.3) is 0 Å². The molecule has 14 heavy (non-hydrogen) atoms. The Kier molecular flexibility index (Phi) is 3.85. The van der Waals surface area contributed by atoms with Gasteiger partial charge in [-0.1, -0.05) is 11.8 Å². The van der Waals surface area contributed by atoms with E-state index in [0.717, 1.165) is 28.8 Å². The summed E-state index contributed by atoms with van der Waals surface area (Å²) in [6, 6.07) is 4.01. The highest BCUT2D eigenvalue weighted by Gasteiger charge is 1.98. The number of anilines is 1. The van der Waals surface area contributed by atoms with Crippen molar-refractivity contribution in [3.8, 4) is 11.8 Å². The molecule has 1 rings (SSSR count). The summed E-state index contributed by atoms with van der Waals surface area (Å²) in [5, 5.41) is 0. The van der Waals surface area contributed by atoms with E-state index in [4.69, 9.17) is 17.3 Å². The molecular weight excluding hydrogens is 194 g/mol. The second-order valence-electron chi connectivity index (χ2n) is 3.26. The number of halogens is 1. The second-order valence-corrected chi connectivity index (χ2v) is 3.64. The Morgan fingerprint density at radius 3 is 2.36 bits per heavy atom. The molecule has 0 aromatic heterocycles. The molecule has 0 aliphatic carbocycles. The van der Waals surface area contributed by atoms with E-state index < -0.39 is 0 Å². The zero-order chi connectivity index (χ0) is 10.6. The van der Waals surface area contributed by atoms with Crippen LogP contribution >= 0.6 is 11.6 Å². The predicted octanol–water partition coefficient (Wildman–Crippen LogP) is 2.87. The molecule has 0 aliphatic rings. The fourth-order valence-corrected chi connectivity index (χ4v) is 1.35. The SMILES string of the molecule is Cc1cc(C#CCCCl)cc(C)c1N. The maximum atomic E-state index is 5.84. The summed E-state index contributed by atoms with van der Waals surface area (Å²) in [6.45, 7) is 3.99. The van der Waals surface area contributed by atoms with Crippen LogP contribution in [0.4, 0.5) is 5.69 Å². The van der Waals surface area contributed by atoms with Gasteiger partial charge in [0.05, 0.1) is 0 Å². The molecule has 1 aromatic carbocycles. The highest BCUT2D eigenvalue weighted by atomic mass is 35.5. The minimum absolute atomic E-state index is 0.583. The van der Waals surface area contributed by atoms with Gasteiger partial charge in [0.1, 0.15) is 0 Å². The molecule has 0 aliphatic heterocycles. The van der Waals surface area contributed by atoms with Crippen molar-refractivity contribution >= 4 is 17.3 Å². The number of hydrogen-bond donors (Lipinski definition) is 1. The molecule has 0 unspecified atom stereocenters. The molecule has 0 amide bonds. The Bertz CT molecular complexity index is 362. The number of rotatable bonds is 1. The topological polar surface area (TPSA) is 26.0 Å². The van der Waals surface area contributed by atoms with E-state index in [9.17, 15) is 0 Å². The summed E-state index contributed by atoms with van der Waals surface area (Å²) in [4.78, 5) is 0. The van der Waals surface area contributed by atoms with E-state index in [1.54, 1.807) is 0 Å². The van der Waals surface area contributed by atoms with Gasteiger partial charge in [-0.05, 0) is 37.1 Å². The van der Waals surface area contributed by atoms with Gasteiger partial charge in [-0.25, -0.2) is 0 Å². The molecule has 0 spiro atoms. The van der Waals surface area contributed by atoms with Crippen molar-refractivity contribution < 1.29 is 0 Å². The van der Waals surface area contributed by atoms with Crippen LogP contribution in [0, 0.1) is 25.7 Å². The van der Waals surface area contributed by atoms with Gasteiger partial charge in [0, 0.05) is 23.6 Å². The molecular formula is C12H14ClN. The van der Waals surface area contributed by atoms with E-state index in [2.05, 4.69) is 11.8 Å². The van der Waals surface area contributed by atoms with Gasteiger partial charge in [0.25, 0.3) is 0 Å². The molecule has 1 nitrogen and oxygen atoms in total. The molecule has 0 heterocycles. The molecule has 2 heteroatoms. The first kappa shape index (κ1) is 10.9. The van der Waals surface area contributed by atoms with Crippen LogP contribution in [-0.2, 0) is 0 Å². The predicted molar refractivity (Wildman–Crippen MR) is 62.5 cm³/mol. The number of nitrogens with two attached hydrogens (primary N) is 1. The third kappa shape index (κ3) is 2.68. The monoisotopic (exact) mass is 207 g/mol. The van der Waals surface area contributed by atoms with Crippen molar-refractivity contribution in [3.05, 3.63) is 28.8 Å². The normalized spacial score (nSPS) is 9.36. The van der Waals surface area contributed by atoms with Gasteiger partial charge in [-0.2, -0.15) is 0 Å². The summed E-state index contributed by atoms with van der Waals surface area (Å²) in [7, 11) is 0. The van der Waals surface area contributed by atoms with Crippen LogP contribution in [0.3, 0.4) is 0 Å². The Hall–Kier alpha value is -1.13. The Morgan fingerprint density at radius 2 is 1.86 bits per heavy atom. The fourth-order valence-electron chi connectivity index (χ4n) is 1.26. The third-order valence-corrected chi connectivity index (χ3v) is 2.23. The van der Waals surface area contributed by atoms with Gasteiger partial charge < -0.3 is 5.73 Å². The first-order valence-electron chi connectivity index (χ1n) is 4.56. The Morgan fingerprint density at radius 1 is 1.29 bits per heavy atom. The number of aryl methyl sites for hydroxylation is 2. The molecule has 0 saturated heterocycles. The average molecular weight is 208 g/mol. The number of benzene rings is 1. The highest BCUT2D eigenvalue weighted by molar-refractivity contribution is 6.18. The van der Waals surface area contributed by atoms with Gasteiger partial charge in [0.15, 0.2) is 0 Å². The summed E-state index contributed by atoms with van der Waals surface area (Å²) >= 11 is 5.53. The Labute approximate surface area is 90.3 Å². The largest absolute Gasteiger partial charge is 0.398 e. The van der Waals surface area contributed by atoms with Crippen LogP contribution < -0.4 is 5.73 Å². The first-order valence-corrected chi connectivity index (χ1v) is 5.10. The van der Waals surface area contributed by atoms with Crippen LogP contribution in [0.1, 0.15) is 23.1 Å². The van der Waals surface area contributed by atoms with Crippen LogP contribution in [0.15, 0.2) is 12.1 Å². The van der Waals surface area contributed by atoms with Crippen molar-refractivity contribution in [2.45, 2.75) is 20.3 Å². The molecule has 2 N–H and O–H groups in total. The van der Waals surface area contributed by atoms with Crippen molar-refractivity contribution in [2.75, 3.05) is 11.6 Å². The quantitative estimate of drug-likeness (QED) is 0.428. The molecule has 0 fully saturated rings. The molecule has 0 saturated carbocycles. The van der Waals surface area contributed by atoms with Gasteiger partial charge in [-0.3, -0.25) is 0 Å². The van der Waals surface area contributed by atoms with Crippen LogP contribution in [0.2, 0.25) is 0 Å². The minimum atomic E-state index is 0.583. The molecule has 0 atom stereocenters. The lowest BCUT2D eigenvalue weighted by atomic mass is 10.1. The van der Waals surface area contributed by atoms with Crippen molar-refractivity contribution in [3.63, 3.8) is 0 Å². The number of hydrogen-bond acceptors (Lipinski definition) is 1. The van der Waals surface area contributed by atoms with Gasteiger partial charge >= 0.3 is 0 Å². The standard InChI is InChI=1S/C12H14ClN/c1-9-7-11(5-3-4-6-13)8-10(2)12(9)14/h7-8H,4,6,14H2,1-2H3. The maximum absolute atomic E-state index is 5.84. The lowest BCUT2D eigenvalue weighted by Gasteiger charge is -2.04. The first-order chi connectivity index (χ1) is 6.65. The van der Waals surface area contributed by atoms with E-state index in [1.165, 1.54) is 0 Å². The molecule has 1 aromatic rings. The zero-order valence-corrected chi connectivity index (χ0v) is 9.28. The smallest absolute Gasteiger partial charge is 0.0374 e. The minimum Gasteiger partial charge on any atom is -0.398 e. The average Bonchev–Trinajstić information content (AvgIpc) is 2.14. The lowest BCUT2D eigenvalue weighted by molar-refractivity contribution is 1.29. The van der Waals surface area contributed by atoms with Crippen LogP contribution in [-0.4, -0.2) is 5.88 Å². The third-order valence-electron chi connectivity index (χ3n) is 2.05. The van der Waals surface area contributed by atoms with E-state index in [0.29, 0.717) is 5.88 Å². The fraction of sp³-hybridized carbons (Fsp3) is 0.333. The number of nitrogen functional groups attached to an aromatic ring is 1. The lowest BCUT2D eigenvalue weighted by Crippen LogP contribution is -1.94. The molecule has 74 valence electrons. The molecule has 0 bridgehead atoms. The second kappa shape index (κ2) is 4.93. The van der Waals surface area contributed by atoms with Crippen molar-refractivity contribution in [2.24, 2.45) is 0 Å². The van der Waals surface area contributed by atoms with E-state index in [1.807, 2.05) is 26.0 Å². The maximum Gasteiger partial charge on any atom is 0.0374 e.